The number of nitrogens with zero attached hydrogens (tertiary/aromatic N) is 4. The maximum absolute atomic E-state index is 5.78. The molecule has 1 aromatic carbocycles. The highest BCUT2D eigenvalue weighted by Gasteiger charge is 2.34. The molecule has 0 amide bonds. The van der Waals surface area contributed by atoms with E-state index in [-0.39, 0.29) is 5.41 Å². The van der Waals surface area contributed by atoms with Crippen LogP contribution in [0.4, 0.5) is 17.6 Å². The molecule has 1 aromatic heterocycles. The molecule has 0 saturated carbocycles. The third kappa shape index (κ3) is 6.34. The Bertz CT molecular complexity index is 1040. The smallest absolute Gasteiger partial charge is 0.232 e. The molecule has 0 aliphatic carbocycles. The van der Waals surface area contributed by atoms with Gasteiger partial charge in [0.25, 0.3) is 0 Å². The lowest BCUT2D eigenvalue weighted by Crippen LogP contribution is -2.45. The molecule has 0 spiro atoms. The zero-order valence-corrected chi connectivity index (χ0v) is 23.2. The summed E-state index contributed by atoms with van der Waals surface area (Å²) in [4.78, 5) is 14.7. The fourth-order valence-electron chi connectivity index (χ4n) is 5.98. The summed E-state index contributed by atoms with van der Waals surface area (Å²) in [5, 5.41) is 7.43. The van der Waals surface area contributed by atoms with Crippen LogP contribution < -0.4 is 20.4 Å². The normalized spacial score (nSPS) is 22.5. The highest BCUT2D eigenvalue weighted by atomic mass is 32.1. The molecule has 4 heterocycles. The molecule has 0 bridgehead atoms. The van der Waals surface area contributed by atoms with Gasteiger partial charge in [0.2, 0.25) is 5.95 Å². The monoisotopic (exact) mass is 522 g/mol. The second-order valence-electron chi connectivity index (χ2n) is 11.2. The van der Waals surface area contributed by atoms with Gasteiger partial charge in [0.15, 0.2) is 5.11 Å². The first-order valence-electron chi connectivity index (χ1n) is 14.1. The minimum atomic E-state index is 0.00679. The Morgan fingerprint density at radius 1 is 1.00 bits per heavy atom. The second kappa shape index (κ2) is 11.9. The van der Waals surface area contributed by atoms with E-state index in [4.69, 9.17) is 26.9 Å². The summed E-state index contributed by atoms with van der Waals surface area (Å²) in [6.45, 7) is 10.1. The van der Waals surface area contributed by atoms with Gasteiger partial charge in [0.1, 0.15) is 11.6 Å². The predicted molar refractivity (Wildman–Crippen MR) is 156 cm³/mol. The number of aromatic nitrogens is 2. The fraction of sp³-hybridized carbons (Fsp3) is 0.621. The first-order chi connectivity index (χ1) is 18.0. The average Bonchev–Trinajstić information content (AvgIpc) is 2.93. The molecule has 8 heteroatoms. The molecule has 5 rings (SSSR count). The summed E-state index contributed by atoms with van der Waals surface area (Å²) >= 11 is 5.78. The lowest BCUT2D eigenvalue weighted by Gasteiger charge is -2.38. The number of rotatable bonds is 6. The average molecular weight is 523 g/mol. The van der Waals surface area contributed by atoms with Gasteiger partial charge < -0.3 is 25.2 Å². The van der Waals surface area contributed by atoms with Crippen LogP contribution in [0.15, 0.2) is 36.4 Å². The SMILES string of the molecule is CC1CCN(c2cc(N3CCCC[C@@H]3C)nc(NC(=S)NCC3(c4ccccc4)CCOCC3)n2)CC1. The van der Waals surface area contributed by atoms with Gasteiger partial charge in [-0.05, 0) is 75.6 Å². The number of nitrogens with one attached hydrogen (secondary N) is 2. The quantitative estimate of drug-likeness (QED) is 0.507. The first-order valence-corrected chi connectivity index (χ1v) is 14.5. The molecule has 1 atom stereocenters. The van der Waals surface area contributed by atoms with Crippen molar-refractivity contribution < 1.29 is 4.74 Å². The van der Waals surface area contributed by atoms with E-state index in [9.17, 15) is 0 Å². The van der Waals surface area contributed by atoms with Gasteiger partial charge in [0.05, 0.1) is 0 Å². The molecule has 3 aliphatic heterocycles. The molecular weight excluding hydrogens is 480 g/mol. The standard InChI is InChI=1S/C29H42N6OS/c1-22-11-16-34(17-12-22)25-20-26(35-15-7-6-8-23(35)2)32-27(31-25)33-28(37)30-21-29(13-18-36-19-14-29)24-9-4-3-5-10-24/h3-5,9-10,20,22-23H,6-8,11-19,21H2,1-2H3,(H2,30,31,32,33,37)/t23-/m0/s1. The third-order valence-corrected chi connectivity index (χ3v) is 8.80. The largest absolute Gasteiger partial charge is 0.381 e. The van der Waals surface area contributed by atoms with Gasteiger partial charge in [-0.2, -0.15) is 9.97 Å². The van der Waals surface area contributed by atoms with Gasteiger partial charge in [0, 0.05) is 56.9 Å². The Hall–Kier alpha value is -2.45. The van der Waals surface area contributed by atoms with Crippen LogP contribution in [-0.2, 0) is 10.2 Å². The van der Waals surface area contributed by atoms with Crippen molar-refractivity contribution in [2.24, 2.45) is 5.92 Å². The van der Waals surface area contributed by atoms with Crippen molar-refractivity contribution in [1.82, 2.24) is 15.3 Å². The van der Waals surface area contributed by atoms with E-state index in [2.05, 4.69) is 70.7 Å². The van der Waals surface area contributed by atoms with Crippen LogP contribution >= 0.6 is 12.2 Å². The van der Waals surface area contributed by atoms with Crippen molar-refractivity contribution in [3.05, 3.63) is 42.0 Å². The van der Waals surface area contributed by atoms with E-state index in [1.807, 2.05) is 0 Å². The Morgan fingerprint density at radius 2 is 1.73 bits per heavy atom. The summed E-state index contributed by atoms with van der Waals surface area (Å²) in [6.07, 6.45) is 8.05. The molecule has 2 N–H and O–H groups in total. The molecule has 7 nitrogen and oxygen atoms in total. The van der Waals surface area contributed by atoms with Crippen LogP contribution in [0.5, 0.6) is 0 Å². The van der Waals surface area contributed by atoms with Crippen LogP contribution in [0.25, 0.3) is 0 Å². The molecule has 0 unspecified atom stereocenters. The van der Waals surface area contributed by atoms with E-state index in [0.29, 0.717) is 17.1 Å². The van der Waals surface area contributed by atoms with Crippen molar-refractivity contribution in [2.75, 3.05) is 54.5 Å². The second-order valence-corrected chi connectivity index (χ2v) is 11.6. The number of benzene rings is 1. The van der Waals surface area contributed by atoms with E-state index in [0.717, 1.165) is 69.8 Å². The van der Waals surface area contributed by atoms with E-state index in [1.165, 1.54) is 37.7 Å². The summed E-state index contributed by atoms with van der Waals surface area (Å²) < 4.78 is 5.70. The van der Waals surface area contributed by atoms with Crippen molar-refractivity contribution >= 4 is 34.9 Å². The Balaban J connectivity index is 1.33. The molecular formula is C29H42N6OS. The van der Waals surface area contributed by atoms with Crippen molar-refractivity contribution in [1.29, 1.82) is 0 Å². The van der Waals surface area contributed by atoms with Crippen molar-refractivity contribution in [3.63, 3.8) is 0 Å². The minimum Gasteiger partial charge on any atom is -0.381 e. The first kappa shape index (κ1) is 26.2. The Labute approximate surface area is 227 Å². The fourth-order valence-corrected chi connectivity index (χ4v) is 6.14. The van der Waals surface area contributed by atoms with Crippen LogP contribution in [-0.4, -0.2) is 60.5 Å². The predicted octanol–water partition coefficient (Wildman–Crippen LogP) is 5.13. The maximum Gasteiger partial charge on any atom is 0.232 e. The van der Waals surface area contributed by atoms with E-state index < -0.39 is 0 Å². The van der Waals surface area contributed by atoms with Crippen LogP contribution in [0.2, 0.25) is 0 Å². The van der Waals surface area contributed by atoms with Gasteiger partial charge in [-0.25, -0.2) is 0 Å². The zero-order chi connectivity index (χ0) is 25.7. The third-order valence-electron chi connectivity index (χ3n) is 8.55. The summed E-state index contributed by atoms with van der Waals surface area (Å²) in [5.41, 5.74) is 1.35. The molecule has 3 aliphatic rings. The van der Waals surface area contributed by atoms with Crippen LogP contribution in [0, 0.1) is 5.92 Å². The number of anilines is 3. The molecule has 3 saturated heterocycles. The van der Waals surface area contributed by atoms with Gasteiger partial charge in [-0.15, -0.1) is 0 Å². The molecule has 200 valence electrons. The lowest BCUT2D eigenvalue weighted by molar-refractivity contribution is 0.0515. The Morgan fingerprint density at radius 3 is 2.46 bits per heavy atom. The number of hydrogen-bond donors (Lipinski definition) is 2. The van der Waals surface area contributed by atoms with E-state index in [1.54, 1.807) is 0 Å². The van der Waals surface area contributed by atoms with Gasteiger partial charge in [-0.3, -0.25) is 0 Å². The summed E-state index contributed by atoms with van der Waals surface area (Å²) in [7, 11) is 0. The highest BCUT2D eigenvalue weighted by molar-refractivity contribution is 7.80. The number of thiocarbonyl (C=S) groups is 1. The maximum atomic E-state index is 5.78. The number of piperidine rings is 2. The highest BCUT2D eigenvalue weighted by Crippen LogP contribution is 2.34. The van der Waals surface area contributed by atoms with Crippen LogP contribution in [0.1, 0.15) is 64.4 Å². The minimum absolute atomic E-state index is 0.00679. The van der Waals surface area contributed by atoms with Crippen LogP contribution in [0.3, 0.4) is 0 Å². The van der Waals surface area contributed by atoms with Crippen molar-refractivity contribution in [2.45, 2.75) is 70.3 Å². The zero-order valence-electron chi connectivity index (χ0n) is 22.4. The molecule has 0 radical (unpaired) electrons. The van der Waals surface area contributed by atoms with Gasteiger partial charge in [-0.1, -0.05) is 37.3 Å². The van der Waals surface area contributed by atoms with Gasteiger partial charge >= 0.3 is 0 Å². The number of hydrogen-bond acceptors (Lipinski definition) is 6. The summed E-state index contributed by atoms with van der Waals surface area (Å²) in [6, 6.07) is 13.4. The van der Waals surface area contributed by atoms with E-state index >= 15 is 0 Å². The molecule has 37 heavy (non-hydrogen) atoms. The lowest BCUT2D eigenvalue weighted by atomic mass is 9.74. The molecule has 3 fully saturated rings. The molecule has 2 aromatic rings. The van der Waals surface area contributed by atoms with Crippen molar-refractivity contribution in [3.8, 4) is 0 Å². The summed E-state index contributed by atoms with van der Waals surface area (Å²) in [5.74, 6) is 3.37. The number of ether oxygens (including phenoxy) is 1. The Kier molecular flexibility index (Phi) is 8.45. The topological polar surface area (TPSA) is 65.5 Å².